The topological polar surface area (TPSA) is 73.8 Å². The maximum Gasteiger partial charge on any atom is 0.192 e. The zero-order chi connectivity index (χ0) is 24.0. The molecule has 0 saturated heterocycles. The van der Waals surface area contributed by atoms with Gasteiger partial charge in [0.15, 0.2) is 8.32 Å². The Labute approximate surface area is 195 Å². The molecule has 194 valence electrons. The molecule has 0 N–H and O–H groups in total. The van der Waals surface area contributed by atoms with Gasteiger partial charge in [-0.15, -0.1) is 0 Å². The van der Waals surface area contributed by atoms with Crippen LogP contribution in [-0.2, 0) is 37.6 Å². The van der Waals surface area contributed by atoms with Crippen molar-refractivity contribution >= 4 is 8.32 Å². The molecule has 0 aromatic heterocycles. The highest BCUT2D eigenvalue weighted by molar-refractivity contribution is 6.74. The lowest BCUT2D eigenvalue weighted by Crippen LogP contribution is -2.41. The summed E-state index contributed by atoms with van der Waals surface area (Å²) in [5.41, 5.74) is 0. The molecule has 32 heavy (non-hydrogen) atoms. The van der Waals surface area contributed by atoms with Gasteiger partial charge in [0.1, 0.15) is 6.67 Å². The molecule has 0 fully saturated rings. The summed E-state index contributed by atoms with van der Waals surface area (Å²) in [6.07, 6.45) is 0. The van der Waals surface area contributed by atoms with Gasteiger partial charge in [-0.25, -0.2) is 4.39 Å². The zero-order valence-electron chi connectivity index (χ0n) is 21.0. The average molecular weight is 487 g/mol. The molecule has 0 aliphatic carbocycles. The standard InChI is InChI=1S/C22H47FO8Si/c1-22(2,3)32(4,5)31-21-20-30-19-18-29-17-16-28-15-14-27-13-12-26-11-10-25-9-8-24-7-6-23/h6-21H2,1-5H3. The Bertz CT molecular complexity index is 397. The van der Waals surface area contributed by atoms with Crippen LogP contribution in [0.15, 0.2) is 0 Å². The molecule has 0 aromatic rings. The fourth-order valence-corrected chi connectivity index (χ4v) is 3.08. The molecule has 0 aliphatic heterocycles. The van der Waals surface area contributed by atoms with E-state index in [1.807, 2.05) is 0 Å². The summed E-state index contributed by atoms with van der Waals surface area (Å²) >= 11 is 0. The van der Waals surface area contributed by atoms with Gasteiger partial charge in [0.2, 0.25) is 0 Å². The van der Waals surface area contributed by atoms with Gasteiger partial charge in [-0.05, 0) is 18.1 Å². The number of alkyl halides is 1. The van der Waals surface area contributed by atoms with E-state index in [-0.39, 0.29) is 11.6 Å². The first-order valence-corrected chi connectivity index (χ1v) is 14.5. The molecule has 0 rings (SSSR count). The van der Waals surface area contributed by atoms with Crippen LogP contribution in [0.3, 0.4) is 0 Å². The van der Waals surface area contributed by atoms with E-state index in [0.29, 0.717) is 92.5 Å². The molecule has 0 radical (unpaired) electrons. The number of hydrogen-bond acceptors (Lipinski definition) is 8. The molecule has 0 aromatic carbocycles. The van der Waals surface area contributed by atoms with Gasteiger partial charge in [0.05, 0.1) is 99.1 Å². The Kier molecular flexibility index (Phi) is 21.3. The normalized spacial score (nSPS) is 12.6. The van der Waals surface area contributed by atoms with Gasteiger partial charge in [0, 0.05) is 0 Å². The van der Waals surface area contributed by atoms with E-state index in [4.69, 9.17) is 37.6 Å². The van der Waals surface area contributed by atoms with Gasteiger partial charge >= 0.3 is 0 Å². The molecule has 0 spiro atoms. The molecular formula is C22H47FO8Si. The molecule has 0 saturated carbocycles. The van der Waals surface area contributed by atoms with E-state index in [9.17, 15) is 4.39 Å². The van der Waals surface area contributed by atoms with Gasteiger partial charge < -0.3 is 37.6 Å². The Balaban J connectivity index is 3.15. The SMILES string of the molecule is CC(C)(C)[Si](C)(C)OCCOCCOCCOCCOCCOCCOCCOCCF. The first kappa shape index (κ1) is 31.8. The molecule has 8 nitrogen and oxygen atoms in total. The Morgan fingerprint density at radius 3 is 0.969 bits per heavy atom. The van der Waals surface area contributed by atoms with Crippen LogP contribution in [0.1, 0.15) is 20.8 Å². The van der Waals surface area contributed by atoms with Crippen molar-refractivity contribution in [3.05, 3.63) is 0 Å². The van der Waals surface area contributed by atoms with Crippen LogP contribution < -0.4 is 0 Å². The lowest BCUT2D eigenvalue weighted by molar-refractivity contribution is -0.0216. The lowest BCUT2D eigenvalue weighted by atomic mass is 10.2. The van der Waals surface area contributed by atoms with Crippen molar-refractivity contribution in [1.29, 1.82) is 0 Å². The molecule has 0 aliphatic rings. The molecule has 0 atom stereocenters. The molecule has 10 heteroatoms. The molecule has 0 unspecified atom stereocenters. The summed E-state index contributed by atoms with van der Waals surface area (Å²) in [5.74, 6) is 0. The number of hydrogen-bond donors (Lipinski definition) is 0. The van der Waals surface area contributed by atoms with E-state index >= 15 is 0 Å². The van der Waals surface area contributed by atoms with Gasteiger partial charge in [-0.1, -0.05) is 20.8 Å². The highest BCUT2D eigenvalue weighted by Crippen LogP contribution is 2.36. The maximum atomic E-state index is 11.8. The number of halogens is 1. The van der Waals surface area contributed by atoms with Gasteiger partial charge in [0.25, 0.3) is 0 Å². The minimum Gasteiger partial charge on any atom is -0.414 e. The summed E-state index contributed by atoms with van der Waals surface area (Å²) in [6.45, 7) is 18.1. The van der Waals surface area contributed by atoms with Crippen molar-refractivity contribution in [3.63, 3.8) is 0 Å². The van der Waals surface area contributed by atoms with Crippen LogP contribution in [-0.4, -0.2) is 114 Å². The highest BCUT2D eigenvalue weighted by atomic mass is 28.4. The fraction of sp³-hybridized carbons (Fsp3) is 1.00. The smallest absolute Gasteiger partial charge is 0.192 e. The minimum absolute atomic E-state index is 0.122. The van der Waals surface area contributed by atoms with Crippen molar-refractivity contribution in [2.45, 2.75) is 38.9 Å². The first-order valence-electron chi connectivity index (χ1n) is 11.6. The van der Waals surface area contributed by atoms with Crippen molar-refractivity contribution in [2.75, 3.05) is 106 Å². The predicted octanol–water partition coefficient (Wildman–Crippen LogP) is 3.09. The van der Waals surface area contributed by atoms with Crippen LogP contribution >= 0.6 is 0 Å². The Morgan fingerprint density at radius 2 is 0.719 bits per heavy atom. The third-order valence-electron chi connectivity index (χ3n) is 4.95. The first-order chi connectivity index (χ1) is 15.3. The Morgan fingerprint density at radius 1 is 0.469 bits per heavy atom. The van der Waals surface area contributed by atoms with Crippen molar-refractivity contribution in [2.24, 2.45) is 0 Å². The van der Waals surface area contributed by atoms with Crippen LogP contribution in [0.25, 0.3) is 0 Å². The fourth-order valence-electron chi connectivity index (χ4n) is 2.05. The second-order valence-electron chi connectivity index (χ2n) is 8.58. The Hall–Kier alpha value is -0.173. The van der Waals surface area contributed by atoms with E-state index in [1.165, 1.54) is 0 Å². The number of ether oxygens (including phenoxy) is 7. The monoisotopic (exact) mass is 486 g/mol. The van der Waals surface area contributed by atoms with Crippen molar-refractivity contribution in [1.82, 2.24) is 0 Å². The average Bonchev–Trinajstić information content (AvgIpc) is 2.73. The van der Waals surface area contributed by atoms with Gasteiger partial charge in [-0.3, -0.25) is 0 Å². The summed E-state index contributed by atoms with van der Waals surface area (Å²) < 4.78 is 55.3. The lowest BCUT2D eigenvalue weighted by Gasteiger charge is -2.36. The quantitative estimate of drug-likeness (QED) is 0.152. The third-order valence-corrected chi connectivity index (χ3v) is 9.49. The molecule has 0 heterocycles. The van der Waals surface area contributed by atoms with Crippen molar-refractivity contribution in [3.8, 4) is 0 Å². The van der Waals surface area contributed by atoms with E-state index in [2.05, 4.69) is 33.9 Å². The minimum atomic E-state index is -1.68. The van der Waals surface area contributed by atoms with E-state index in [0.717, 1.165) is 0 Å². The summed E-state index contributed by atoms with van der Waals surface area (Å²) in [5, 5.41) is 0.222. The zero-order valence-corrected chi connectivity index (χ0v) is 22.0. The second kappa shape index (κ2) is 21.4. The van der Waals surface area contributed by atoms with E-state index < -0.39 is 15.0 Å². The summed E-state index contributed by atoms with van der Waals surface area (Å²) in [4.78, 5) is 0. The summed E-state index contributed by atoms with van der Waals surface area (Å²) in [7, 11) is -1.68. The second-order valence-corrected chi connectivity index (χ2v) is 13.4. The van der Waals surface area contributed by atoms with Crippen LogP contribution in [0, 0.1) is 0 Å². The van der Waals surface area contributed by atoms with Crippen LogP contribution in [0.5, 0.6) is 0 Å². The largest absolute Gasteiger partial charge is 0.414 e. The molecular weight excluding hydrogens is 439 g/mol. The number of rotatable bonds is 24. The summed E-state index contributed by atoms with van der Waals surface area (Å²) in [6, 6.07) is 0. The van der Waals surface area contributed by atoms with Crippen LogP contribution in [0.4, 0.5) is 4.39 Å². The van der Waals surface area contributed by atoms with E-state index in [1.54, 1.807) is 0 Å². The third kappa shape index (κ3) is 20.4. The van der Waals surface area contributed by atoms with Gasteiger partial charge in [-0.2, -0.15) is 0 Å². The highest BCUT2D eigenvalue weighted by Gasteiger charge is 2.36. The van der Waals surface area contributed by atoms with Crippen LogP contribution in [0.2, 0.25) is 18.1 Å². The molecule has 0 bridgehead atoms. The maximum absolute atomic E-state index is 11.8. The predicted molar refractivity (Wildman–Crippen MR) is 125 cm³/mol. The van der Waals surface area contributed by atoms with Crippen molar-refractivity contribution < 1.29 is 42.0 Å². The molecule has 0 amide bonds.